The molecule has 25 heavy (non-hydrogen) atoms. The lowest BCUT2D eigenvalue weighted by atomic mass is 10.1. The fraction of sp³-hybridized carbons (Fsp3) is 0.842. The molecule has 0 heterocycles. The second-order valence-corrected chi connectivity index (χ2v) is 9.26. The highest BCUT2D eigenvalue weighted by Crippen LogP contribution is 2.24. The third kappa shape index (κ3) is 18.0. The van der Waals surface area contributed by atoms with Crippen LogP contribution in [0.25, 0.3) is 0 Å². The van der Waals surface area contributed by atoms with Gasteiger partial charge in [0.1, 0.15) is 13.2 Å². The van der Waals surface area contributed by atoms with Gasteiger partial charge in [-0.25, -0.2) is 4.79 Å². The molecule has 0 radical (unpaired) electrons. The minimum absolute atomic E-state index is 0.291. The molecule has 0 fully saturated rings. The Balaban J connectivity index is 3.29. The Morgan fingerprint density at radius 3 is 1.96 bits per heavy atom. The minimum Gasteiger partial charge on any atom is -0.462 e. The normalized spacial score (nSPS) is 12.8. The summed E-state index contributed by atoms with van der Waals surface area (Å²) >= 11 is 0. The molecule has 0 saturated heterocycles. The van der Waals surface area contributed by atoms with Gasteiger partial charge in [-0.15, -0.1) is 0 Å². The molecule has 6 heteroatoms. The first-order chi connectivity index (χ1) is 11.7. The van der Waals surface area contributed by atoms with E-state index in [2.05, 4.69) is 27.7 Å². The maximum atomic E-state index is 11.8. The molecule has 0 saturated carbocycles. The summed E-state index contributed by atoms with van der Waals surface area (Å²) in [6, 6.07) is 0. The molecule has 0 bridgehead atoms. The average molecular weight is 376 g/mol. The van der Waals surface area contributed by atoms with Gasteiger partial charge in [0.25, 0.3) is 0 Å². The van der Waals surface area contributed by atoms with E-state index in [1.807, 2.05) is 0 Å². The van der Waals surface area contributed by atoms with Crippen LogP contribution in [0.3, 0.4) is 0 Å². The Hall–Kier alpha value is -0.640. The predicted octanol–water partition coefficient (Wildman–Crippen LogP) is 4.42. The molecule has 0 aliphatic rings. The largest absolute Gasteiger partial charge is 0.462 e. The van der Waals surface area contributed by atoms with E-state index in [0.717, 1.165) is 42.9 Å². The number of likely N-dealkylation sites (N-methyl/N-ethyl adjacent to an activating group) is 1. The summed E-state index contributed by atoms with van der Waals surface area (Å²) in [6.07, 6.45) is 9.66. The maximum Gasteiger partial charge on any atom is 0.333 e. The molecular formula is C19H39NO4P+. The Kier molecular flexibility index (Phi) is 14.1. The van der Waals surface area contributed by atoms with Crippen molar-refractivity contribution >= 4 is 14.0 Å². The predicted molar refractivity (Wildman–Crippen MR) is 105 cm³/mol. The SMILES string of the molecule is C=C(C)C(=O)OCCCCCCCCCC[PH](=O)OCC[N+](C)(C)C. The van der Waals surface area contributed by atoms with E-state index in [9.17, 15) is 9.36 Å². The molecule has 0 rings (SSSR count). The third-order valence-electron chi connectivity index (χ3n) is 3.88. The van der Waals surface area contributed by atoms with Crippen molar-refractivity contribution in [2.24, 2.45) is 0 Å². The number of esters is 1. The lowest BCUT2D eigenvalue weighted by Gasteiger charge is -2.23. The number of hydrogen-bond acceptors (Lipinski definition) is 4. The zero-order valence-corrected chi connectivity index (χ0v) is 17.8. The molecule has 1 atom stereocenters. The van der Waals surface area contributed by atoms with Crippen LogP contribution in [0.15, 0.2) is 12.2 Å². The van der Waals surface area contributed by atoms with Crippen LogP contribution in [0.5, 0.6) is 0 Å². The first-order valence-corrected chi connectivity index (χ1v) is 11.0. The van der Waals surface area contributed by atoms with Crippen LogP contribution >= 0.6 is 8.03 Å². The number of nitrogens with zero attached hydrogens (tertiary/aromatic N) is 1. The zero-order valence-electron chi connectivity index (χ0n) is 16.8. The number of carbonyl (C=O) groups is 1. The van der Waals surface area contributed by atoms with Gasteiger partial charge < -0.3 is 13.7 Å². The maximum absolute atomic E-state index is 11.8. The molecule has 1 unspecified atom stereocenters. The first-order valence-electron chi connectivity index (χ1n) is 9.51. The first kappa shape index (κ1) is 24.4. The highest BCUT2D eigenvalue weighted by molar-refractivity contribution is 7.39. The molecule has 0 amide bonds. The van der Waals surface area contributed by atoms with E-state index in [0.29, 0.717) is 18.8 Å². The van der Waals surface area contributed by atoms with E-state index < -0.39 is 8.03 Å². The Morgan fingerprint density at radius 1 is 0.920 bits per heavy atom. The summed E-state index contributed by atoms with van der Waals surface area (Å²) in [6.45, 7) is 7.19. The summed E-state index contributed by atoms with van der Waals surface area (Å²) in [5, 5.41) is 0. The van der Waals surface area contributed by atoms with Crippen molar-refractivity contribution in [1.82, 2.24) is 0 Å². The summed E-state index contributed by atoms with van der Waals surface area (Å²) in [4.78, 5) is 11.2. The third-order valence-corrected chi connectivity index (χ3v) is 5.17. The van der Waals surface area contributed by atoms with E-state index in [-0.39, 0.29) is 5.97 Å². The monoisotopic (exact) mass is 376 g/mol. The molecule has 0 aromatic rings. The number of unbranched alkanes of at least 4 members (excludes halogenated alkanes) is 7. The van der Waals surface area contributed by atoms with Gasteiger partial charge in [0, 0.05) is 11.7 Å². The van der Waals surface area contributed by atoms with Gasteiger partial charge >= 0.3 is 5.97 Å². The molecule has 0 aromatic heterocycles. The average Bonchev–Trinajstić information content (AvgIpc) is 2.50. The fourth-order valence-corrected chi connectivity index (χ4v) is 3.23. The van der Waals surface area contributed by atoms with Crippen LogP contribution in [-0.4, -0.2) is 57.5 Å². The molecular weight excluding hydrogens is 337 g/mol. The molecule has 0 aliphatic heterocycles. The fourth-order valence-electron chi connectivity index (χ4n) is 2.23. The number of carbonyl (C=O) groups excluding carboxylic acids is 1. The van der Waals surface area contributed by atoms with Crippen LogP contribution < -0.4 is 0 Å². The van der Waals surface area contributed by atoms with Crippen molar-refractivity contribution in [3.8, 4) is 0 Å². The second kappa shape index (κ2) is 14.5. The summed E-state index contributed by atoms with van der Waals surface area (Å²) in [5.41, 5.74) is 0.460. The van der Waals surface area contributed by atoms with Crippen molar-refractivity contribution < 1.29 is 23.1 Å². The topological polar surface area (TPSA) is 52.6 Å². The number of ether oxygens (including phenoxy) is 1. The second-order valence-electron chi connectivity index (χ2n) is 7.73. The van der Waals surface area contributed by atoms with Gasteiger partial charge in [-0.05, 0) is 19.8 Å². The van der Waals surface area contributed by atoms with Crippen molar-refractivity contribution in [3.63, 3.8) is 0 Å². The Morgan fingerprint density at radius 2 is 1.44 bits per heavy atom. The quantitative estimate of drug-likeness (QED) is 0.132. The molecule has 0 aliphatic carbocycles. The van der Waals surface area contributed by atoms with Crippen LogP contribution in [0.4, 0.5) is 0 Å². The van der Waals surface area contributed by atoms with Crippen LogP contribution in [0.2, 0.25) is 0 Å². The molecule has 0 aromatic carbocycles. The van der Waals surface area contributed by atoms with E-state index in [1.165, 1.54) is 25.7 Å². The van der Waals surface area contributed by atoms with Crippen molar-refractivity contribution in [3.05, 3.63) is 12.2 Å². The van der Waals surface area contributed by atoms with Crippen molar-refractivity contribution in [2.75, 3.05) is 47.1 Å². The Labute approximate surface area is 155 Å². The molecule has 5 nitrogen and oxygen atoms in total. The smallest absolute Gasteiger partial charge is 0.333 e. The lowest BCUT2D eigenvalue weighted by molar-refractivity contribution is -0.870. The summed E-state index contributed by atoms with van der Waals surface area (Å²) < 4.78 is 23.1. The van der Waals surface area contributed by atoms with E-state index in [4.69, 9.17) is 9.26 Å². The van der Waals surface area contributed by atoms with Crippen LogP contribution in [0.1, 0.15) is 58.3 Å². The van der Waals surface area contributed by atoms with Crippen molar-refractivity contribution in [1.29, 1.82) is 0 Å². The van der Waals surface area contributed by atoms with Gasteiger partial charge in [0.15, 0.2) is 8.03 Å². The molecule has 148 valence electrons. The van der Waals surface area contributed by atoms with Gasteiger partial charge in [0.2, 0.25) is 0 Å². The standard InChI is InChI=1S/C19H39NO4P/c1-18(2)19(21)23-15-12-10-8-6-7-9-11-13-17-25(22)24-16-14-20(3,4)5/h25H,1,6-17H2,2-5H3/q+1. The zero-order chi connectivity index (χ0) is 19.1. The number of quaternary nitrogens is 1. The van der Waals surface area contributed by atoms with E-state index in [1.54, 1.807) is 6.92 Å². The molecule has 0 spiro atoms. The van der Waals surface area contributed by atoms with Crippen molar-refractivity contribution in [2.45, 2.75) is 58.3 Å². The summed E-state index contributed by atoms with van der Waals surface area (Å²) in [5.74, 6) is -0.291. The highest BCUT2D eigenvalue weighted by Gasteiger charge is 2.08. The molecule has 0 N–H and O–H groups in total. The lowest BCUT2D eigenvalue weighted by Crippen LogP contribution is -2.37. The Bertz CT molecular complexity index is 405. The minimum atomic E-state index is -1.84. The van der Waals surface area contributed by atoms with Gasteiger partial charge in [0.05, 0.1) is 27.7 Å². The number of rotatable bonds is 16. The van der Waals surface area contributed by atoms with Gasteiger partial charge in [-0.2, -0.15) is 0 Å². The van der Waals surface area contributed by atoms with Crippen LogP contribution in [0, 0.1) is 0 Å². The van der Waals surface area contributed by atoms with Crippen LogP contribution in [-0.2, 0) is 18.6 Å². The number of hydrogen-bond donors (Lipinski definition) is 0. The highest BCUT2D eigenvalue weighted by atomic mass is 31.1. The van der Waals surface area contributed by atoms with Gasteiger partial charge in [-0.3, -0.25) is 4.57 Å². The van der Waals surface area contributed by atoms with Gasteiger partial charge in [-0.1, -0.05) is 45.1 Å². The summed E-state index contributed by atoms with van der Waals surface area (Å²) in [7, 11) is 4.48. The van der Waals surface area contributed by atoms with E-state index >= 15 is 0 Å².